The summed E-state index contributed by atoms with van der Waals surface area (Å²) in [6.07, 6.45) is 17.7. The molecular weight excluding hydrogens is 666 g/mol. The number of ether oxygens (including phenoxy) is 4. The van der Waals surface area contributed by atoms with Gasteiger partial charge in [0.25, 0.3) is 0 Å². The summed E-state index contributed by atoms with van der Waals surface area (Å²) in [6, 6.07) is -1.13. The van der Waals surface area contributed by atoms with E-state index in [1.165, 1.54) is 51.4 Å². The minimum atomic E-state index is -1.17. The zero-order valence-corrected chi connectivity index (χ0v) is 30.6. The predicted octanol–water partition coefficient (Wildman–Crippen LogP) is 3.55. The van der Waals surface area contributed by atoms with Crippen LogP contribution in [0.2, 0.25) is 0 Å². The number of carboxylic acid groups (broad SMARTS) is 2. The van der Waals surface area contributed by atoms with Crippen molar-refractivity contribution >= 4 is 35.9 Å². The maximum Gasteiger partial charge on any atom is 0.326 e. The van der Waals surface area contributed by atoms with Crippen LogP contribution in [0.4, 0.5) is 0 Å². The van der Waals surface area contributed by atoms with Gasteiger partial charge in [0, 0.05) is 32.4 Å². The first-order chi connectivity index (χ1) is 24.8. The minimum absolute atomic E-state index is 0.0137. The van der Waals surface area contributed by atoms with E-state index >= 15 is 0 Å². The summed E-state index contributed by atoms with van der Waals surface area (Å²) in [6.45, 7) is 2.01. The summed E-state index contributed by atoms with van der Waals surface area (Å²) in [7, 11) is 0. The monoisotopic (exact) mass is 731 g/mol. The predicted molar refractivity (Wildman–Crippen MR) is 190 cm³/mol. The Morgan fingerprint density at radius 2 is 0.961 bits per heavy atom. The van der Waals surface area contributed by atoms with Crippen LogP contribution in [0.1, 0.15) is 122 Å². The molecule has 1 atom stereocenters. The molecule has 0 radical (unpaired) electrons. The molecule has 0 aromatic carbocycles. The van der Waals surface area contributed by atoms with Crippen molar-refractivity contribution in [2.24, 2.45) is 0 Å². The number of aliphatic carboxylic acids is 2. The second kappa shape index (κ2) is 36.6. The third-order valence-electron chi connectivity index (χ3n) is 7.89. The van der Waals surface area contributed by atoms with E-state index in [1.54, 1.807) is 0 Å². The second-order valence-corrected chi connectivity index (χ2v) is 12.4. The molecule has 15 nitrogen and oxygen atoms in total. The van der Waals surface area contributed by atoms with E-state index < -0.39 is 18.0 Å². The van der Waals surface area contributed by atoms with Gasteiger partial charge in [0.15, 0.2) is 0 Å². The third kappa shape index (κ3) is 36.5. The fourth-order valence-corrected chi connectivity index (χ4v) is 5.06. The Kier molecular flexibility index (Phi) is 34.4. The normalized spacial score (nSPS) is 11.5. The molecule has 0 spiro atoms. The maximum atomic E-state index is 12.3. The van der Waals surface area contributed by atoms with Crippen LogP contribution in [0.3, 0.4) is 0 Å². The molecule has 3 amide bonds. The molecule has 0 saturated carbocycles. The van der Waals surface area contributed by atoms with Crippen LogP contribution in [0.25, 0.3) is 0 Å². The van der Waals surface area contributed by atoms with Gasteiger partial charge in [-0.15, -0.1) is 0 Å². The van der Waals surface area contributed by atoms with Crippen LogP contribution in [0.15, 0.2) is 0 Å². The molecule has 15 heteroatoms. The Labute approximate surface area is 303 Å². The fourth-order valence-electron chi connectivity index (χ4n) is 5.06. The lowest BCUT2D eigenvalue weighted by molar-refractivity contribution is -0.142. The number of carbonyl (C=O) groups is 6. The molecule has 0 fully saturated rings. The van der Waals surface area contributed by atoms with Crippen molar-refractivity contribution in [2.75, 3.05) is 65.9 Å². The average Bonchev–Trinajstić information content (AvgIpc) is 3.09. The Bertz CT molecular complexity index is 922. The molecule has 51 heavy (non-hydrogen) atoms. The quantitative estimate of drug-likeness (QED) is 0.0453. The molecule has 296 valence electrons. The molecule has 0 saturated heterocycles. The zero-order chi connectivity index (χ0) is 37.6. The van der Waals surface area contributed by atoms with E-state index in [9.17, 15) is 33.9 Å². The van der Waals surface area contributed by atoms with Crippen LogP contribution >= 0.6 is 0 Å². The molecule has 0 bridgehead atoms. The number of carbonyl (C=O) groups excluding carboxylic acids is 4. The van der Waals surface area contributed by atoms with Crippen molar-refractivity contribution in [3.05, 3.63) is 0 Å². The van der Waals surface area contributed by atoms with Crippen molar-refractivity contribution in [3.8, 4) is 0 Å². The molecule has 0 aliphatic carbocycles. The first kappa shape index (κ1) is 47.9. The van der Waals surface area contributed by atoms with E-state index in [4.69, 9.17) is 24.1 Å². The van der Waals surface area contributed by atoms with Crippen LogP contribution < -0.4 is 16.0 Å². The van der Waals surface area contributed by atoms with E-state index in [0.717, 1.165) is 38.5 Å². The summed E-state index contributed by atoms with van der Waals surface area (Å²) in [5, 5.41) is 25.9. The number of rotatable bonds is 39. The van der Waals surface area contributed by atoms with Gasteiger partial charge in [0.2, 0.25) is 17.7 Å². The highest BCUT2D eigenvalue weighted by atomic mass is 16.5. The number of carboxylic acids is 2. The van der Waals surface area contributed by atoms with Gasteiger partial charge in [0.1, 0.15) is 25.5 Å². The van der Waals surface area contributed by atoms with Crippen LogP contribution in [0, 0.1) is 0 Å². The molecule has 5 N–H and O–H groups in total. The first-order valence-corrected chi connectivity index (χ1v) is 18.8. The topological polar surface area (TPSA) is 216 Å². The van der Waals surface area contributed by atoms with Crippen molar-refractivity contribution in [3.63, 3.8) is 0 Å². The Balaban J connectivity index is 3.65. The van der Waals surface area contributed by atoms with Crippen molar-refractivity contribution in [1.82, 2.24) is 16.0 Å². The molecule has 0 aromatic rings. The molecule has 0 heterocycles. The fraction of sp³-hybridized carbons (Fsp3) is 0.833. The van der Waals surface area contributed by atoms with Gasteiger partial charge in [-0.05, 0) is 19.3 Å². The summed E-state index contributed by atoms with van der Waals surface area (Å²) in [5.41, 5.74) is 0. The molecule has 0 rings (SSSR count). The number of aldehydes is 1. The number of unbranched alkanes of at least 4 members (excludes halogenated alkanes) is 14. The smallest absolute Gasteiger partial charge is 0.326 e. The van der Waals surface area contributed by atoms with E-state index in [-0.39, 0.29) is 83.0 Å². The molecule has 0 aliphatic heterocycles. The highest BCUT2D eigenvalue weighted by molar-refractivity contribution is 5.84. The molecule has 0 unspecified atom stereocenters. The largest absolute Gasteiger partial charge is 0.481 e. The van der Waals surface area contributed by atoms with Gasteiger partial charge in [-0.25, -0.2) is 4.79 Å². The standard InChI is InChI=1S/C36H65N3O12/c40-22-25-50-27-26-48-24-21-38-34(43)30-51-29-28-49-23-20-37-32(41)19-18-31(36(46)47)39-33(42)16-14-12-10-8-6-4-2-1-3-5-7-9-11-13-15-17-35(44)45/h22,31H,1-21,23-30H2,(H,37,41)(H,38,43)(H,39,42)(H,44,45)(H,46,47)/t31-/m0/s1. The van der Waals surface area contributed by atoms with Gasteiger partial charge in [-0.1, -0.05) is 83.5 Å². The zero-order valence-electron chi connectivity index (χ0n) is 30.6. The average molecular weight is 732 g/mol. The Morgan fingerprint density at radius 1 is 0.510 bits per heavy atom. The SMILES string of the molecule is O=CCOCCOCCNC(=O)COCCOCCNC(=O)CC[C@H](NC(=O)CCCCCCCCCCCCCCCCCC(=O)O)C(=O)O. The van der Waals surface area contributed by atoms with E-state index in [1.807, 2.05) is 0 Å². The number of hydrogen-bond acceptors (Lipinski definition) is 10. The van der Waals surface area contributed by atoms with Crippen molar-refractivity contribution in [1.29, 1.82) is 0 Å². The lowest BCUT2D eigenvalue weighted by Crippen LogP contribution is -2.41. The van der Waals surface area contributed by atoms with E-state index in [2.05, 4.69) is 16.0 Å². The van der Waals surface area contributed by atoms with E-state index in [0.29, 0.717) is 39.1 Å². The van der Waals surface area contributed by atoms with Gasteiger partial charge in [-0.3, -0.25) is 19.2 Å². The summed E-state index contributed by atoms with van der Waals surface area (Å²) in [4.78, 5) is 68.3. The second-order valence-electron chi connectivity index (χ2n) is 12.4. The third-order valence-corrected chi connectivity index (χ3v) is 7.89. The molecule has 0 aromatic heterocycles. The first-order valence-electron chi connectivity index (χ1n) is 18.8. The summed E-state index contributed by atoms with van der Waals surface area (Å²) in [5.74, 6) is -2.84. The van der Waals surface area contributed by atoms with Crippen LogP contribution in [-0.2, 0) is 47.7 Å². The van der Waals surface area contributed by atoms with Gasteiger partial charge < -0.3 is 49.9 Å². The lowest BCUT2D eigenvalue weighted by atomic mass is 10.0. The summed E-state index contributed by atoms with van der Waals surface area (Å²) < 4.78 is 20.7. The minimum Gasteiger partial charge on any atom is -0.481 e. The highest BCUT2D eigenvalue weighted by Gasteiger charge is 2.20. The molecular formula is C36H65N3O12. The number of hydrogen-bond donors (Lipinski definition) is 5. The number of amides is 3. The lowest BCUT2D eigenvalue weighted by Gasteiger charge is -2.14. The Morgan fingerprint density at radius 3 is 1.45 bits per heavy atom. The number of nitrogens with one attached hydrogen (secondary N) is 3. The maximum absolute atomic E-state index is 12.3. The van der Waals surface area contributed by atoms with Gasteiger partial charge in [-0.2, -0.15) is 0 Å². The van der Waals surface area contributed by atoms with Crippen molar-refractivity contribution < 1.29 is 57.9 Å². The summed E-state index contributed by atoms with van der Waals surface area (Å²) >= 11 is 0. The highest BCUT2D eigenvalue weighted by Crippen LogP contribution is 2.14. The van der Waals surface area contributed by atoms with Crippen molar-refractivity contribution in [2.45, 2.75) is 128 Å². The Hall–Kier alpha value is -3.14. The van der Waals surface area contributed by atoms with Crippen LogP contribution in [-0.4, -0.2) is 118 Å². The van der Waals surface area contributed by atoms with Gasteiger partial charge in [0.05, 0.1) is 39.6 Å². The molecule has 0 aliphatic rings. The van der Waals surface area contributed by atoms with Crippen LogP contribution in [0.5, 0.6) is 0 Å². The van der Waals surface area contributed by atoms with Gasteiger partial charge >= 0.3 is 11.9 Å².